The standard InChI is InChI=1S/C26H33N3O5/c1-5-6-12-21(30)18-29(17-19-10-8-7-9-11-19)14-13-24-27-26(28-34-24)20-15-22(31-2)25(33-4)23(16-20)32-3/h5,7-11,15-16,21,30H,1,6,12-14,17-18H2,2-4H3/t21-/m1/s1. The Hall–Kier alpha value is -3.36. The van der Waals surface area contributed by atoms with Crippen molar-refractivity contribution in [3.05, 3.63) is 66.6 Å². The predicted octanol–water partition coefficient (Wildman–Crippen LogP) is 4.13. The molecule has 0 aliphatic heterocycles. The highest BCUT2D eigenvalue weighted by Crippen LogP contribution is 2.40. The number of aliphatic hydroxyl groups is 1. The number of ether oxygens (including phenoxy) is 3. The Balaban J connectivity index is 1.72. The van der Waals surface area contributed by atoms with E-state index in [1.54, 1.807) is 33.5 Å². The van der Waals surface area contributed by atoms with Gasteiger partial charge in [-0.3, -0.25) is 4.90 Å². The summed E-state index contributed by atoms with van der Waals surface area (Å²) >= 11 is 0. The first-order chi connectivity index (χ1) is 16.6. The minimum atomic E-state index is -0.431. The summed E-state index contributed by atoms with van der Waals surface area (Å²) in [6.07, 6.45) is 3.41. The maximum atomic E-state index is 10.4. The van der Waals surface area contributed by atoms with Gasteiger partial charge in [-0.1, -0.05) is 41.6 Å². The number of benzene rings is 2. The summed E-state index contributed by atoms with van der Waals surface area (Å²) in [5, 5.41) is 14.6. The number of allylic oxidation sites excluding steroid dienone is 1. The quantitative estimate of drug-likeness (QED) is 0.354. The molecule has 0 radical (unpaired) electrons. The Kier molecular flexibility index (Phi) is 9.49. The largest absolute Gasteiger partial charge is 0.493 e. The Morgan fingerprint density at radius 3 is 2.41 bits per heavy atom. The van der Waals surface area contributed by atoms with E-state index < -0.39 is 6.10 Å². The molecule has 34 heavy (non-hydrogen) atoms. The van der Waals surface area contributed by atoms with E-state index in [1.807, 2.05) is 24.3 Å². The summed E-state index contributed by atoms with van der Waals surface area (Å²) in [6, 6.07) is 13.8. The monoisotopic (exact) mass is 467 g/mol. The van der Waals surface area contributed by atoms with Gasteiger partial charge in [-0.2, -0.15) is 4.98 Å². The fourth-order valence-corrected chi connectivity index (χ4v) is 3.71. The number of aromatic nitrogens is 2. The van der Waals surface area contributed by atoms with E-state index in [9.17, 15) is 5.11 Å². The molecule has 182 valence electrons. The third-order valence-electron chi connectivity index (χ3n) is 5.45. The molecule has 0 aliphatic rings. The van der Waals surface area contributed by atoms with Crippen molar-refractivity contribution in [2.45, 2.75) is 31.9 Å². The van der Waals surface area contributed by atoms with E-state index in [-0.39, 0.29) is 0 Å². The van der Waals surface area contributed by atoms with Crippen molar-refractivity contribution in [1.82, 2.24) is 15.0 Å². The minimum absolute atomic E-state index is 0.431. The SMILES string of the molecule is C=CCC[C@@H](O)CN(CCc1nc(-c2cc(OC)c(OC)c(OC)c2)no1)Cc1ccccc1. The van der Waals surface area contributed by atoms with Gasteiger partial charge in [0, 0.05) is 31.6 Å². The lowest BCUT2D eigenvalue weighted by Crippen LogP contribution is -2.33. The highest BCUT2D eigenvalue weighted by Gasteiger charge is 2.18. The first kappa shape index (κ1) is 25.3. The van der Waals surface area contributed by atoms with Crippen molar-refractivity contribution in [3.63, 3.8) is 0 Å². The number of rotatable bonds is 14. The van der Waals surface area contributed by atoms with Gasteiger partial charge in [0.1, 0.15) is 0 Å². The molecule has 1 atom stereocenters. The molecule has 0 saturated heterocycles. The summed E-state index contributed by atoms with van der Waals surface area (Å²) in [6.45, 7) is 5.68. The molecule has 0 amide bonds. The summed E-state index contributed by atoms with van der Waals surface area (Å²) < 4.78 is 21.7. The van der Waals surface area contributed by atoms with Gasteiger partial charge in [-0.15, -0.1) is 6.58 Å². The lowest BCUT2D eigenvalue weighted by Gasteiger charge is -2.24. The van der Waals surface area contributed by atoms with Gasteiger partial charge in [0.05, 0.1) is 27.4 Å². The molecule has 0 saturated carbocycles. The molecular formula is C26H33N3O5. The van der Waals surface area contributed by atoms with Crippen LogP contribution in [-0.4, -0.2) is 60.7 Å². The summed E-state index contributed by atoms with van der Waals surface area (Å²) in [4.78, 5) is 6.76. The topological polar surface area (TPSA) is 90.1 Å². The molecule has 1 aromatic heterocycles. The van der Waals surface area contributed by atoms with Crippen molar-refractivity contribution in [2.24, 2.45) is 0 Å². The van der Waals surface area contributed by atoms with Gasteiger partial charge in [-0.05, 0) is 30.5 Å². The van der Waals surface area contributed by atoms with Gasteiger partial charge in [0.2, 0.25) is 17.5 Å². The predicted molar refractivity (Wildman–Crippen MR) is 130 cm³/mol. The molecule has 0 bridgehead atoms. The molecule has 0 unspecified atom stereocenters. The average molecular weight is 468 g/mol. The fourth-order valence-electron chi connectivity index (χ4n) is 3.71. The maximum Gasteiger partial charge on any atom is 0.228 e. The number of hydrogen-bond acceptors (Lipinski definition) is 8. The molecule has 3 aromatic rings. The first-order valence-electron chi connectivity index (χ1n) is 11.3. The van der Waals surface area contributed by atoms with Crippen molar-refractivity contribution >= 4 is 0 Å². The molecule has 0 fully saturated rings. The zero-order valence-electron chi connectivity index (χ0n) is 20.1. The zero-order valence-corrected chi connectivity index (χ0v) is 20.1. The van der Waals surface area contributed by atoms with E-state index in [2.05, 4.69) is 33.8 Å². The van der Waals surface area contributed by atoms with Crippen LogP contribution in [0.4, 0.5) is 0 Å². The molecular weight excluding hydrogens is 434 g/mol. The van der Waals surface area contributed by atoms with E-state index in [0.717, 1.165) is 13.0 Å². The van der Waals surface area contributed by atoms with Crippen LogP contribution in [0.1, 0.15) is 24.3 Å². The Morgan fingerprint density at radius 2 is 1.79 bits per heavy atom. The van der Waals surface area contributed by atoms with Gasteiger partial charge in [0.25, 0.3) is 0 Å². The lowest BCUT2D eigenvalue weighted by molar-refractivity contribution is 0.101. The molecule has 3 rings (SSSR count). The third kappa shape index (κ3) is 6.82. The minimum Gasteiger partial charge on any atom is -0.493 e. The van der Waals surface area contributed by atoms with Crippen molar-refractivity contribution in [1.29, 1.82) is 0 Å². The number of hydrogen-bond donors (Lipinski definition) is 1. The number of aliphatic hydroxyl groups excluding tert-OH is 1. The zero-order chi connectivity index (χ0) is 24.3. The van der Waals surface area contributed by atoms with Crippen LogP contribution in [0.25, 0.3) is 11.4 Å². The van der Waals surface area contributed by atoms with Crippen LogP contribution >= 0.6 is 0 Å². The normalized spacial score (nSPS) is 11.9. The van der Waals surface area contributed by atoms with E-state index in [4.69, 9.17) is 18.7 Å². The highest BCUT2D eigenvalue weighted by atomic mass is 16.5. The van der Waals surface area contributed by atoms with Crippen LogP contribution in [0.3, 0.4) is 0 Å². The molecule has 8 heteroatoms. The van der Waals surface area contributed by atoms with Crippen molar-refractivity contribution < 1.29 is 23.8 Å². The fraction of sp³-hybridized carbons (Fsp3) is 0.385. The Morgan fingerprint density at radius 1 is 1.09 bits per heavy atom. The second-order valence-electron chi connectivity index (χ2n) is 7.92. The summed E-state index contributed by atoms with van der Waals surface area (Å²) in [5.41, 5.74) is 1.88. The van der Waals surface area contributed by atoms with Crippen LogP contribution in [-0.2, 0) is 13.0 Å². The number of nitrogens with zero attached hydrogens (tertiary/aromatic N) is 3. The van der Waals surface area contributed by atoms with Gasteiger partial charge < -0.3 is 23.8 Å². The summed E-state index contributed by atoms with van der Waals surface area (Å²) in [5.74, 6) is 2.50. The molecule has 0 aliphatic carbocycles. The molecule has 8 nitrogen and oxygen atoms in total. The van der Waals surface area contributed by atoms with Crippen molar-refractivity contribution in [3.8, 4) is 28.6 Å². The highest BCUT2D eigenvalue weighted by molar-refractivity contribution is 5.66. The smallest absolute Gasteiger partial charge is 0.228 e. The van der Waals surface area contributed by atoms with E-state index in [0.29, 0.717) is 60.5 Å². The van der Waals surface area contributed by atoms with Crippen LogP contribution in [0, 0.1) is 0 Å². The van der Waals surface area contributed by atoms with Crippen molar-refractivity contribution in [2.75, 3.05) is 34.4 Å². The third-order valence-corrected chi connectivity index (χ3v) is 5.45. The molecule has 1 heterocycles. The second-order valence-corrected chi connectivity index (χ2v) is 7.92. The summed E-state index contributed by atoms with van der Waals surface area (Å²) in [7, 11) is 4.68. The van der Waals surface area contributed by atoms with Gasteiger partial charge in [-0.25, -0.2) is 0 Å². The van der Waals surface area contributed by atoms with Gasteiger partial charge in [0.15, 0.2) is 11.5 Å². The van der Waals surface area contributed by atoms with E-state index in [1.165, 1.54) is 5.56 Å². The van der Waals surface area contributed by atoms with Crippen LogP contribution in [0.5, 0.6) is 17.2 Å². The first-order valence-corrected chi connectivity index (χ1v) is 11.3. The molecule has 1 N–H and O–H groups in total. The molecule has 0 spiro atoms. The molecule has 2 aromatic carbocycles. The van der Waals surface area contributed by atoms with E-state index >= 15 is 0 Å². The lowest BCUT2D eigenvalue weighted by atomic mass is 10.1. The Bertz CT molecular complexity index is 1010. The van der Waals surface area contributed by atoms with Gasteiger partial charge >= 0.3 is 0 Å². The number of methoxy groups -OCH3 is 3. The van der Waals surface area contributed by atoms with Crippen LogP contribution in [0.15, 0.2) is 59.6 Å². The second kappa shape index (κ2) is 12.8. The maximum absolute atomic E-state index is 10.4. The van der Waals surface area contributed by atoms with Crippen LogP contribution in [0.2, 0.25) is 0 Å². The van der Waals surface area contributed by atoms with Crippen LogP contribution < -0.4 is 14.2 Å². The Labute approximate surface area is 200 Å². The average Bonchev–Trinajstić information content (AvgIpc) is 3.34.